The number of ether oxygens (including phenoxy) is 2. The second-order valence-electron chi connectivity index (χ2n) is 3.31. The zero-order valence-corrected chi connectivity index (χ0v) is 10.5. The SMILES string of the molecule is CCOc1ccc(NCCOC)cc1CCl. The summed E-state index contributed by atoms with van der Waals surface area (Å²) in [6.07, 6.45) is 0. The van der Waals surface area contributed by atoms with Crippen LogP contribution in [-0.4, -0.2) is 26.9 Å². The van der Waals surface area contributed by atoms with Gasteiger partial charge in [0.25, 0.3) is 0 Å². The fraction of sp³-hybridized carbons (Fsp3) is 0.500. The van der Waals surface area contributed by atoms with Crippen molar-refractivity contribution in [3.63, 3.8) is 0 Å². The molecule has 0 unspecified atom stereocenters. The Kier molecular flexibility index (Phi) is 6.04. The third-order valence-corrected chi connectivity index (χ3v) is 2.43. The van der Waals surface area contributed by atoms with Crippen LogP contribution in [0.1, 0.15) is 12.5 Å². The normalized spacial score (nSPS) is 10.2. The van der Waals surface area contributed by atoms with E-state index in [-0.39, 0.29) is 0 Å². The number of halogens is 1. The minimum absolute atomic E-state index is 0.454. The number of hydrogen-bond donors (Lipinski definition) is 1. The van der Waals surface area contributed by atoms with Gasteiger partial charge in [0.05, 0.1) is 19.1 Å². The molecule has 0 heterocycles. The quantitative estimate of drug-likeness (QED) is 0.590. The van der Waals surface area contributed by atoms with Crippen molar-refractivity contribution in [3.8, 4) is 5.75 Å². The molecule has 0 saturated carbocycles. The number of hydrogen-bond acceptors (Lipinski definition) is 3. The average Bonchev–Trinajstić information content (AvgIpc) is 2.31. The lowest BCUT2D eigenvalue weighted by molar-refractivity contribution is 0.211. The lowest BCUT2D eigenvalue weighted by atomic mass is 10.2. The van der Waals surface area contributed by atoms with Gasteiger partial charge in [0.2, 0.25) is 0 Å². The molecule has 0 bridgehead atoms. The maximum Gasteiger partial charge on any atom is 0.123 e. The van der Waals surface area contributed by atoms with Crippen LogP contribution in [0.15, 0.2) is 18.2 Å². The Hall–Kier alpha value is -0.930. The molecular weight excluding hydrogens is 226 g/mol. The van der Waals surface area contributed by atoms with E-state index in [4.69, 9.17) is 21.1 Å². The molecule has 3 nitrogen and oxygen atoms in total. The molecule has 0 saturated heterocycles. The Morgan fingerprint density at radius 1 is 1.38 bits per heavy atom. The lowest BCUT2D eigenvalue weighted by Crippen LogP contribution is -2.08. The predicted octanol–water partition coefficient (Wildman–Crippen LogP) is 2.88. The standard InChI is InChI=1S/C12H18ClNO2/c1-3-16-12-5-4-11(8-10(12)9-13)14-6-7-15-2/h4-5,8,14H,3,6-7,9H2,1-2H3. The van der Waals surface area contributed by atoms with E-state index in [1.165, 1.54) is 0 Å². The van der Waals surface area contributed by atoms with E-state index in [9.17, 15) is 0 Å². The Balaban J connectivity index is 2.66. The molecule has 0 aliphatic carbocycles. The van der Waals surface area contributed by atoms with Gasteiger partial charge < -0.3 is 14.8 Å². The van der Waals surface area contributed by atoms with Crippen LogP contribution in [0.3, 0.4) is 0 Å². The van der Waals surface area contributed by atoms with E-state index in [0.717, 1.165) is 23.5 Å². The molecule has 16 heavy (non-hydrogen) atoms. The highest BCUT2D eigenvalue weighted by Gasteiger charge is 2.03. The summed E-state index contributed by atoms with van der Waals surface area (Å²) in [6, 6.07) is 5.93. The van der Waals surface area contributed by atoms with E-state index < -0.39 is 0 Å². The van der Waals surface area contributed by atoms with E-state index in [2.05, 4.69) is 5.32 Å². The number of benzene rings is 1. The van der Waals surface area contributed by atoms with Crippen LogP contribution in [-0.2, 0) is 10.6 Å². The maximum absolute atomic E-state index is 5.87. The second kappa shape index (κ2) is 7.36. The Morgan fingerprint density at radius 3 is 2.81 bits per heavy atom. The van der Waals surface area contributed by atoms with Crippen LogP contribution in [0.5, 0.6) is 5.75 Å². The molecule has 0 amide bonds. The number of methoxy groups -OCH3 is 1. The molecule has 0 aromatic heterocycles. The monoisotopic (exact) mass is 243 g/mol. The first-order valence-corrected chi connectivity index (χ1v) is 5.89. The number of nitrogens with one attached hydrogen (secondary N) is 1. The average molecular weight is 244 g/mol. The fourth-order valence-corrected chi connectivity index (χ4v) is 1.60. The molecule has 4 heteroatoms. The topological polar surface area (TPSA) is 30.5 Å². The van der Waals surface area contributed by atoms with Gasteiger partial charge in [-0.2, -0.15) is 0 Å². The summed E-state index contributed by atoms with van der Waals surface area (Å²) in [5.41, 5.74) is 2.04. The molecule has 0 atom stereocenters. The first-order valence-electron chi connectivity index (χ1n) is 5.36. The number of rotatable bonds is 7. The van der Waals surface area contributed by atoms with Gasteiger partial charge in [-0.25, -0.2) is 0 Å². The molecule has 0 fully saturated rings. The van der Waals surface area contributed by atoms with E-state index >= 15 is 0 Å². The summed E-state index contributed by atoms with van der Waals surface area (Å²) in [5.74, 6) is 1.31. The minimum atomic E-state index is 0.454. The van der Waals surface area contributed by atoms with Gasteiger partial charge in [0.15, 0.2) is 0 Å². The predicted molar refractivity (Wildman–Crippen MR) is 67.5 cm³/mol. The highest BCUT2D eigenvalue weighted by molar-refractivity contribution is 6.17. The van der Waals surface area contributed by atoms with Crippen LogP contribution in [0.2, 0.25) is 0 Å². The third kappa shape index (κ3) is 3.91. The van der Waals surface area contributed by atoms with Crippen molar-refractivity contribution in [1.29, 1.82) is 0 Å². The van der Waals surface area contributed by atoms with Crippen molar-refractivity contribution in [2.75, 3.05) is 32.2 Å². The van der Waals surface area contributed by atoms with Crippen molar-refractivity contribution in [2.45, 2.75) is 12.8 Å². The summed E-state index contributed by atoms with van der Waals surface area (Å²) in [7, 11) is 1.68. The van der Waals surface area contributed by atoms with E-state index in [0.29, 0.717) is 19.1 Å². The first-order chi connectivity index (χ1) is 7.81. The molecule has 0 radical (unpaired) electrons. The molecule has 90 valence electrons. The van der Waals surface area contributed by atoms with E-state index in [1.807, 2.05) is 25.1 Å². The molecule has 1 N–H and O–H groups in total. The van der Waals surface area contributed by atoms with Crippen LogP contribution >= 0.6 is 11.6 Å². The lowest BCUT2D eigenvalue weighted by Gasteiger charge is -2.11. The van der Waals surface area contributed by atoms with Gasteiger partial charge in [-0.3, -0.25) is 0 Å². The van der Waals surface area contributed by atoms with Crippen molar-refractivity contribution < 1.29 is 9.47 Å². The van der Waals surface area contributed by atoms with Crippen LogP contribution in [0, 0.1) is 0 Å². The Morgan fingerprint density at radius 2 is 2.19 bits per heavy atom. The van der Waals surface area contributed by atoms with Crippen molar-refractivity contribution in [3.05, 3.63) is 23.8 Å². The molecule has 0 aliphatic rings. The molecule has 1 aromatic rings. The number of alkyl halides is 1. The second-order valence-corrected chi connectivity index (χ2v) is 3.58. The smallest absolute Gasteiger partial charge is 0.123 e. The Labute approximate surface area is 102 Å². The summed E-state index contributed by atoms with van der Waals surface area (Å²) in [4.78, 5) is 0. The van der Waals surface area contributed by atoms with Gasteiger partial charge in [0, 0.05) is 24.9 Å². The largest absolute Gasteiger partial charge is 0.494 e. The highest BCUT2D eigenvalue weighted by atomic mass is 35.5. The molecule has 0 aliphatic heterocycles. The van der Waals surface area contributed by atoms with Crippen molar-refractivity contribution in [1.82, 2.24) is 0 Å². The maximum atomic E-state index is 5.87. The van der Waals surface area contributed by atoms with Crippen molar-refractivity contribution >= 4 is 17.3 Å². The summed E-state index contributed by atoms with van der Waals surface area (Å²) in [5, 5.41) is 3.25. The zero-order valence-electron chi connectivity index (χ0n) is 9.75. The summed E-state index contributed by atoms with van der Waals surface area (Å²) < 4.78 is 10.4. The van der Waals surface area contributed by atoms with Crippen molar-refractivity contribution in [2.24, 2.45) is 0 Å². The molecule has 1 rings (SSSR count). The van der Waals surface area contributed by atoms with Crippen LogP contribution in [0.4, 0.5) is 5.69 Å². The molecular formula is C12H18ClNO2. The Bertz CT molecular complexity index is 318. The third-order valence-electron chi connectivity index (χ3n) is 2.14. The van der Waals surface area contributed by atoms with Gasteiger partial charge in [-0.05, 0) is 25.1 Å². The first kappa shape index (κ1) is 13.1. The zero-order chi connectivity index (χ0) is 11.8. The highest BCUT2D eigenvalue weighted by Crippen LogP contribution is 2.24. The van der Waals surface area contributed by atoms with Gasteiger partial charge in [-0.1, -0.05) is 0 Å². The van der Waals surface area contributed by atoms with Gasteiger partial charge >= 0.3 is 0 Å². The minimum Gasteiger partial charge on any atom is -0.494 e. The molecule has 1 aromatic carbocycles. The fourth-order valence-electron chi connectivity index (χ4n) is 1.39. The number of anilines is 1. The van der Waals surface area contributed by atoms with Crippen LogP contribution < -0.4 is 10.1 Å². The summed E-state index contributed by atoms with van der Waals surface area (Å²) in [6.45, 7) is 4.08. The van der Waals surface area contributed by atoms with Gasteiger partial charge in [-0.15, -0.1) is 11.6 Å². The molecule has 0 spiro atoms. The summed E-state index contributed by atoms with van der Waals surface area (Å²) >= 11 is 5.87. The van der Waals surface area contributed by atoms with Crippen LogP contribution in [0.25, 0.3) is 0 Å². The van der Waals surface area contributed by atoms with E-state index in [1.54, 1.807) is 7.11 Å². The van der Waals surface area contributed by atoms with Gasteiger partial charge in [0.1, 0.15) is 5.75 Å².